The van der Waals surface area contributed by atoms with Crippen molar-refractivity contribution in [2.45, 2.75) is 33.2 Å². The van der Waals surface area contributed by atoms with Gasteiger partial charge in [0.05, 0.1) is 6.04 Å². The predicted octanol–water partition coefficient (Wildman–Crippen LogP) is 0.422. The maximum Gasteiger partial charge on any atom is 0.216 e. The van der Waals surface area contributed by atoms with E-state index in [0.29, 0.717) is 12.5 Å². The number of ketones is 1. The summed E-state index contributed by atoms with van der Waals surface area (Å²) in [4.78, 5) is 24.3. The predicted molar refractivity (Wildman–Crippen MR) is 58.5 cm³/mol. The lowest BCUT2D eigenvalue weighted by atomic mass is 10.0. The van der Waals surface area contributed by atoms with Crippen molar-refractivity contribution < 1.29 is 9.59 Å². The van der Waals surface area contributed by atoms with Crippen molar-refractivity contribution in [3.63, 3.8) is 0 Å². The summed E-state index contributed by atoms with van der Waals surface area (Å²) in [6.07, 6.45) is 0.878. The molecule has 0 bridgehead atoms. The number of nitrogens with one attached hydrogen (secondary N) is 1. The number of rotatable bonds is 4. The van der Waals surface area contributed by atoms with Gasteiger partial charge in [-0.15, -0.1) is 0 Å². The highest BCUT2D eigenvalue weighted by Crippen LogP contribution is 2.22. The van der Waals surface area contributed by atoms with E-state index in [1.165, 1.54) is 6.92 Å². The fourth-order valence-corrected chi connectivity index (χ4v) is 2.21. The third-order valence-corrected chi connectivity index (χ3v) is 3.01. The van der Waals surface area contributed by atoms with E-state index in [1.807, 2.05) is 0 Å². The summed E-state index contributed by atoms with van der Waals surface area (Å²) in [5.41, 5.74) is 0. The largest absolute Gasteiger partial charge is 0.356 e. The van der Waals surface area contributed by atoms with Crippen molar-refractivity contribution in [3.8, 4) is 0 Å². The van der Waals surface area contributed by atoms with Gasteiger partial charge in [-0.2, -0.15) is 0 Å². The van der Waals surface area contributed by atoms with Gasteiger partial charge in [0.15, 0.2) is 0 Å². The lowest BCUT2D eigenvalue weighted by Crippen LogP contribution is -2.34. The first-order chi connectivity index (χ1) is 7.04. The van der Waals surface area contributed by atoms with Crippen LogP contribution in [0.25, 0.3) is 0 Å². The molecule has 1 aliphatic heterocycles. The van der Waals surface area contributed by atoms with Gasteiger partial charge in [0.2, 0.25) is 5.91 Å². The summed E-state index contributed by atoms with van der Waals surface area (Å²) < 4.78 is 0. The topological polar surface area (TPSA) is 49.4 Å². The quantitative estimate of drug-likeness (QED) is 0.735. The first kappa shape index (κ1) is 12.2. The van der Waals surface area contributed by atoms with Crippen LogP contribution in [-0.2, 0) is 9.59 Å². The first-order valence-corrected chi connectivity index (χ1v) is 5.53. The highest BCUT2D eigenvalue weighted by atomic mass is 16.1. The number of hydrogen-bond donors (Lipinski definition) is 1. The number of hydrogen-bond acceptors (Lipinski definition) is 3. The van der Waals surface area contributed by atoms with E-state index in [9.17, 15) is 9.59 Å². The Morgan fingerprint density at radius 1 is 1.40 bits per heavy atom. The maximum absolute atomic E-state index is 11.4. The molecule has 0 saturated carbocycles. The summed E-state index contributed by atoms with van der Waals surface area (Å²) in [6, 6.07) is 0.0637. The minimum atomic E-state index is 0.00400. The van der Waals surface area contributed by atoms with Crippen molar-refractivity contribution in [2.75, 3.05) is 19.6 Å². The Labute approximate surface area is 91.0 Å². The molecule has 0 aromatic rings. The second-order valence-corrected chi connectivity index (χ2v) is 4.25. The number of carbonyl (C=O) groups excluding carboxylic acids is 2. The molecule has 4 nitrogen and oxygen atoms in total. The van der Waals surface area contributed by atoms with Crippen molar-refractivity contribution in [1.82, 2.24) is 10.2 Å². The molecule has 15 heavy (non-hydrogen) atoms. The van der Waals surface area contributed by atoms with Gasteiger partial charge in [-0.3, -0.25) is 14.5 Å². The number of amides is 1. The van der Waals surface area contributed by atoms with Crippen LogP contribution in [0.2, 0.25) is 0 Å². The van der Waals surface area contributed by atoms with Crippen LogP contribution in [-0.4, -0.2) is 42.3 Å². The third-order valence-electron chi connectivity index (χ3n) is 3.01. The van der Waals surface area contributed by atoms with E-state index in [-0.39, 0.29) is 17.7 Å². The Kier molecular flexibility index (Phi) is 4.27. The number of nitrogens with zero attached hydrogens (tertiary/aromatic N) is 1. The van der Waals surface area contributed by atoms with Crippen LogP contribution in [0.5, 0.6) is 0 Å². The highest BCUT2D eigenvalue weighted by Gasteiger charge is 2.33. The molecule has 4 heteroatoms. The molecule has 1 heterocycles. The molecule has 0 aliphatic carbocycles. The van der Waals surface area contributed by atoms with Gasteiger partial charge < -0.3 is 5.32 Å². The summed E-state index contributed by atoms with van der Waals surface area (Å²) >= 11 is 0. The molecule has 0 radical (unpaired) electrons. The van der Waals surface area contributed by atoms with E-state index >= 15 is 0 Å². The lowest BCUT2D eigenvalue weighted by molar-refractivity contribution is -0.121. The van der Waals surface area contributed by atoms with E-state index in [0.717, 1.165) is 19.5 Å². The van der Waals surface area contributed by atoms with Gasteiger partial charge >= 0.3 is 0 Å². The molecule has 1 N–H and O–H groups in total. The molecule has 2 unspecified atom stereocenters. The minimum Gasteiger partial charge on any atom is -0.356 e. The summed E-state index contributed by atoms with van der Waals surface area (Å²) in [7, 11) is 0. The summed E-state index contributed by atoms with van der Waals surface area (Å²) in [5, 5.41) is 2.81. The molecule has 1 fully saturated rings. The van der Waals surface area contributed by atoms with Gasteiger partial charge in [-0.05, 0) is 25.8 Å². The van der Waals surface area contributed by atoms with Gasteiger partial charge in [-0.1, -0.05) is 6.92 Å². The molecule has 0 aromatic heterocycles. The Hall–Kier alpha value is -0.900. The van der Waals surface area contributed by atoms with E-state index < -0.39 is 0 Å². The Morgan fingerprint density at radius 2 is 2.07 bits per heavy atom. The zero-order valence-corrected chi connectivity index (χ0v) is 9.75. The van der Waals surface area contributed by atoms with E-state index in [1.54, 1.807) is 6.92 Å². The van der Waals surface area contributed by atoms with Crippen LogP contribution >= 0.6 is 0 Å². The molecule has 1 aliphatic rings. The normalized spacial score (nSPS) is 26.6. The van der Waals surface area contributed by atoms with Crippen molar-refractivity contribution in [1.29, 1.82) is 0 Å². The smallest absolute Gasteiger partial charge is 0.216 e. The molecule has 1 amide bonds. The van der Waals surface area contributed by atoms with Gasteiger partial charge in [0.25, 0.3) is 0 Å². The average Bonchev–Trinajstić information content (AvgIpc) is 2.57. The number of Topliss-reactive ketones (excluding diaryl/α,β-unsaturated/α-hetero) is 1. The zero-order chi connectivity index (χ0) is 11.4. The second-order valence-electron chi connectivity index (χ2n) is 4.25. The molecule has 0 spiro atoms. The SMILES string of the molecule is CCN1CC(CNC(C)=O)CC1C(C)=O. The Morgan fingerprint density at radius 3 is 2.47 bits per heavy atom. The molecule has 1 saturated heterocycles. The highest BCUT2D eigenvalue weighted by molar-refractivity contribution is 5.81. The van der Waals surface area contributed by atoms with E-state index in [2.05, 4.69) is 17.1 Å². The maximum atomic E-state index is 11.4. The van der Waals surface area contributed by atoms with Gasteiger partial charge in [0.1, 0.15) is 5.78 Å². The van der Waals surface area contributed by atoms with E-state index in [4.69, 9.17) is 0 Å². The fourth-order valence-electron chi connectivity index (χ4n) is 2.21. The second kappa shape index (κ2) is 5.26. The summed E-state index contributed by atoms with van der Waals surface area (Å²) in [5.74, 6) is 0.661. The standard InChI is InChI=1S/C11H20N2O2/c1-4-13-7-10(6-12-9(3)15)5-11(13)8(2)14/h10-11H,4-7H2,1-3H3,(H,12,15). The third kappa shape index (κ3) is 3.30. The van der Waals surface area contributed by atoms with Crippen LogP contribution in [0.1, 0.15) is 27.2 Å². The van der Waals surface area contributed by atoms with Crippen molar-refractivity contribution in [3.05, 3.63) is 0 Å². The van der Waals surface area contributed by atoms with Crippen LogP contribution in [0.4, 0.5) is 0 Å². The monoisotopic (exact) mass is 212 g/mol. The minimum absolute atomic E-state index is 0.00400. The lowest BCUT2D eigenvalue weighted by Gasteiger charge is -2.19. The van der Waals surface area contributed by atoms with Gasteiger partial charge in [0, 0.05) is 20.0 Å². The fraction of sp³-hybridized carbons (Fsp3) is 0.818. The Balaban J connectivity index is 2.45. The van der Waals surface area contributed by atoms with Crippen LogP contribution in [0.15, 0.2) is 0 Å². The molecule has 2 atom stereocenters. The number of likely N-dealkylation sites (tertiary alicyclic amines) is 1. The molecule has 86 valence electrons. The van der Waals surface area contributed by atoms with Crippen molar-refractivity contribution in [2.24, 2.45) is 5.92 Å². The van der Waals surface area contributed by atoms with Crippen LogP contribution in [0.3, 0.4) is 0 Å². The first-order valence-electron chi connectivity index (χ1n) is 5.53. The molecular formula is C11H20N2O2. The van der Waals surface area contributed by atoms with Crippen molar-refractivity contribution >= 4 is 11.7 Å². The number of carbonyl (C=O) groups is 2. The Bertz CT molecular complexity index is 253. The average molecular weight is 212 g/mol. The number of likely N-dealkylation sites (N-methyl/N-ethyl adjacent to an activating group) is 1. The van der Waals surface area contributed by atoms with Crippen LogP contribution < -0.4 is 5.32 Å². The summed E-state index contributed by atoms with van der Waals surface area (Å²) in [6.45, 7) is 7.75. The van der Waals surface area contributed by atoms with Gasteiger partial charge in [-0.25, -0.2) is 0 Å². The molecular weight excluding hydrogens is 192 g/mol. The van der Waals surface area contributed by atoms with Crippen LogP contribution in [0, 0.1) is 5.92 Å². The molecule has 0 aromatic carbocycles. The molecule has 1 rings (SSSR count). The zero-order valence-electron chi connectivity index (χ0n) is 9.75.